The summed E-state index contributed by atoms with van der Waals surface area (Å²) < 4.78 is 37.5. The quantitative estimate of drug-likeness (QED) is 0.751. The third-order valence-electron chi connectivity index (χ3n) is 1.92. The Morgan fingerprint density at radius 1 is 1.28 bits per heavy atom. The first kappa shape index (κ1) is 12.8. The van der Waals surface area contributed by atoms with Gasteiger partial charge in [0.1, 0.15) is 16.1 Å². The van der Waals surface area contributed by atoms with Gasteiger partial charge in [0.05, 0.1) is 10.6 Å². The number of alkyl halides is 3. The first-order chi connectivity index (χ1) is 8.40. The van der Waals surface area contributed by atoms with Crippen molar-refractivity contribution in [3.05, 3.63) is 34.1 Å². The van der Waals surface area contributed by atoms with Gasteiger partial charge in [-0.05, 0) is 12.1 Å². The summed E-state index contributed by atoms with van der Waals surface area (Å²) in [6.45, 7) is 0. The highest BCUT2D eigenvalue weighted by molar-refractivity contribution is 7.15. The van der Waals surface area contributed by atoms with Crippen LogP contribution in [0.25, 0.3) is 10.6 Å². The summed E-state index contributed by atoms with van der Waals surface area (Å²) in [4.78, 5) is 7.34. The molecule has 0 N–H and O–H groups in total. The van der Waals surface area contributed by atoms with Gasteiger partial charge in [-0.1, -0.05) is 11.6 Å². The monoisotopic (exact) mass is 289 g/mol. The minimum absolute atomic E-state index is 0.0498. The van der Waals surface area contributed by atoms with Crippen LogP contribution in [0, 0.1) is 11.3 Å². The molecule has 0 bridgehead atoms. The Morgan fingerprint density at radius 3 is 2.56 bits per heavy atom. The van der Waals surface area contributed by atoms with Crippen LogP contribution in [0.15, 0.2) is 18.2 Å². The second-order valence-electron chi connectivity index (χ2n) is 3.17. The second-order valence-corrected chi connectivity index (χ2v) is 4.64. The lowest BCUT2D eigenvalue weighted by Gasteiger charge is -2.06. The van der Waals surface area contributed by atoms with Crippen LogP contribution in [0.2, 0.25) is 5.15 Å². The van der Waals surface area contributed by atoms with E-state index in [9.17, 15) is 13.2 Å². The molecule has 0 fully saturated rings. The van der Waals surface area contributed by atoms with Crippen LogP contribution < -0.4 is 0 Å². The first-order valence-electron chi connectivity index (χ1n) is 4.52. The molecule has 0 amide bonds. The molecule has 0 aliphatic rings. The highest BCUT2D eigenvalue weighted by Gasteiger charge is 2.35. The van der Waals surface area contributed by atoms with E-state index < -0.39 is 12.0 Å². The predicted molar refractivity (Wildman–Crippen MR) is 60.1 cm³/mol. The van der Waals surface area contributed by atoms with Gasteiger partial charge in [-0.25, -0.2) is 9.97 Å². The molecular weight excluding hydrogens is 287 g/mol. The largest absolute Gasteiger partial charge is 0.451 e. The number of nitrogens with zero attached hydrogens (tertiary/aromatic N) is 3. The smallest absolute Gasteiger partial charge is 0.223 e. The Morgan fingerprint density at radius 2 is 2.00 bits per heavy atom. The van der Waals surface area contributed by atoms with Gasteiger partial charge in [-0.3, -0.25) is 0 Å². The van der Waals surface area contributed by atoms with Gasteiger partial charge in [0.15, 0.2) is 0 Å². The van der Waals surface area contributed by atoms with E-state index in [-0.39, 0.29) is 10.8 Å². The number of thiophene rings is 1. The Kier molecular flexibility index (Phi) is 3.24. The summed E-state index contributed by atoms with van der Waals surface area (Å²) in [6, 6.07) is 6.14. The van der Waals surface area contributed by atoms with Crippen LogP contribution in [-0.2, 0) is 6.18 Å². The van der Waals surface area contributed by atoms with Crippen LogP contribution in [0.4, 0.5) is 13.2 Å². The van der Waals surface area contributed by atoms with E-state index in [4.69, 9.17) is 16.9 Å². The number of nitriles is 1. The molecule has 0 aliphatic heterocycles. The normalized spacial score (nSPS) is 11.3. The molecule has 2 aromatic heterocycles. The molecule has 3 nitrogen and oxygen atoms in total. The molecule has 8 heteroatoms. The molecule has 92 valence electrons. The summed E-state index contributed by atoms with van der Waals surface area (Å²) in [7, 11) is 0. The maximum Gasteiger partial charge on any atom is 0.451 e. The summed E-state index contributed by atoms with van der Waals surface area (Å²) in [5, 5.41) is 8.37. The highest BCUT2D eigenvalue weighted by Crippen LogP contribution is 2.32. The maximum absolute atomic E-state index is 12.5. The molecule has 0 saturated heterocycles. The Hall–Kier alpha value is -1.65. The van der Waals surface area contributed by atoms with Crippen molar-refractivity contribution in [1.29, 1.82) is 5.26 Å². The molecule has 18 heavy (non-hydrogen) atoms. The van der Waals surface area contributed by atoms with Gasteiger partial charge >= 0.3 is 6.18 Å². The number of aromatic nitrogens is 2. The Balaban J connectivity index is 2.52. The standard InChI is InChI=1S/C10H3ClF3N3S/c11-8-3-6(7-2-1-5(4-15)18-7)16-9(17-8)10(12,13)14/h1-3H. The molecule has 0 spiro atoms. The molecule has 2 rings (SSSR count). The van der Waals surface area contributed by atoms with Crippen molar-refractivity contribution in [3.8, 4) is 16.6 Å². The van der Waals surface area contributed by atoms with E-state index in [0.717, 1.165) is 11.3 Å². The van der Waals surface area contributed by atoms with Crippen LogP contribution in [0.3, 0.4) is 0 Å². The average Bonchev–Trinajstić information content (AvgIpc) is 2.75. The lowest BCUT2D eigenvalue weighted by Crippen LogP contribution is -2.11. The highest BCUT2D eigenvalue weighted by atomic mass is 35.5. The molecule has 0 radical (unpaired) electrons. The van der Waals surface area contributed by atoms with Crippen LogP contribution >= 0.6 is 22.9 Å². The molecular formula is C10H3ClF3N3S. The summed E-state index contributed by atoms with van der Waals surface area (Å²) in [5.74, 6) is -1.29. The van der Waals surface area contributed by atoms with Crippen molar-refractivity contribution in [2.24, 2.45) is 0 Å². The van der Waals surface area contributed by atoms with Crippen LogP contribution in [0.5, 0.6) is 0 Å². The van der Waals surface area contributed by atoms with Crippen LogP contribution in [-0.4, -0.2) is 9.97 Å². The summed E-state index contributed by atoms with van der Waals surface area (Å²) in [6.07, 6.45) is -4.66. The van der Waals surface area contributed by atoms with E-state index in [2.05, 4.69) is 9.97 Å². The van der Waals surface area contributed by atoms with Crippen molar-refractivity contribution in [2.45, 2.75) is 6.18 Å². The fourth-order valence-corrected chi connectivity index (χ4v) is 2.15. The fraction of sp³-hybridized carbons (Fsp3) is 0.100. The zero-order valence-corrected chi connectivity index (χ0v) is 10.1. The number of rotatable bonds is 1. The van der Waals surface area contributed by atoms with Crippen molar-refractivity contribution < 1.29 is 13.2 Å². The third-order valence-corrected chi connectivity index (χ3v) is 3.12. The predicted octanol–water partition coefficient (Wildman–Crippen LogP) is 3.75. The number of halogens is 4. The second kappa shape index (κ2) is 4.55. The molecule has 2 aromatic rings. The fourth-order valence-electron chi connectivity index (χ4n) is 1.21. The molecule has 0 saturated carbocycles. The van der Waals surface area contributed by atoms with Gasteiger partial charge < -0.3 is 0 Å². The van der Waals surface area contributed by atoms with E-state index in [1.54, 1.807) is 0 Å². The van der Waals surface area contributed by atoms with Gasteiger partial charge in [-0.2, -0.15) is 18.4 Å². The molecule has 0 aromatic carbocycles. The van der Waals surface area contributed by atoms with Crippen LogP contribution in [0.1, 0.15) is 10.7 Å². The first-order valence-corrected chi connectivity index (χ1v) is 5.71. The topological polar surface area (TPSA) is 49.6 Å². The summed E-state index contributed by atoms with van der Waals surface area (Å²) >= 11 is 6.57. The number of hydrogen-bond donors (Lipinski definition) is 0. The maximum atomic E-state index is 12.5. The van der Waals surface area contributed by atoms with E-state index in [0.29, 0.717) is 9.75 Å². The van der Waals surface area contributed by atoms with E-state index in [1.165, 1.54) is 18.2 Å². The third kappa shape index (κ3) is 2.60. The minimum Gasteiger partial charge on any atom is -0.223 e. The van der Waals surface area contributed by atoms with Gasteiger partial charge in [0.25, 0.3) is 0 Å². The van der Waals surface area contributed by atoms with Gasteiger partial charge in [0.2, 0.25) is 5.82 Å². The SMILES string of the molecule is N#Cc1ccc(-c2cc(Cl)nc(C(F)(F)F)n2)s1. The minimum atomic E-state index is -4.66. The number of hydrogen-bond acceptors (Lipinski definition) is 4. The lowest BCUT2D eigenvalue weighted by atomic mass is 10.3. The van der Waals surface area contributed by atoms with Gasteiger partial charge in [0, 0.05) is 6.07 Å². The molecule has 2 heterocycles. The zero-order chi connectivity index (χ0) is 13.3. The average molecular weight is 290 g/mol. The molecule has 0 unspecified atom stereocenters. The lowest BCUT2D eigenvalue weighted by molar-refractivity contribution is -0.144. The summed E-state index contributed by atoms with van der Waals surface area (Å²) in [5.41, 5.74) is 0.0498. The van der Waals surface area contributed by atoms with E-state index >= 15 is 0 Å². The van der Waals surface area contributed by atoms with Crippen molar-refractivity contribution in [2.75, 3.05) is 0 Å². The van der Waals surface area contributed by atoms with Crippen molar-refractivity contribution in [3.63, 3.8) is 0 Å². The molecule has 0 aliphatic carbocycles. The Labute approximate surface area is 108 Å². The molecule has 0 atom stereocenters. The Bertz CT molecular complexity index is 630. The van der Waals surface area contributed by atoms with Crippen molar-refractivity contribution >= 4 is 22.9 Å². The zero-order valence-electron chi connectivity index (χ0n) is 8.49. The van der Waals surface area contributed by atoms with E-state index in [1.807, 2.05) is 6.07 Å². The van der Waals surface area contributed by atoms with Crippen molar-refractivity contribution in [1.82, 2.24) is 9.97 Å². The van der Waals surface area contributed by atoms with Gasteiger partial charge in [-0.15, -0.1) is 11.3 Å².